The van der Waals surface area contributed by atoms with Gasteiger partial charge in [0.1, 0.15) is 5.58 Å². The summed E-state index contributed by atoms with van der Waals surface area (Å²) in [6.07, 6.45) is 0. The smallest absolute Gasteiger partial charge is 0.159 e. The lowest BCUT2D eigenvalue weighted by Gasteiger charge is -2.26. The summed E-state index contributed by atoms with van der Waals surface area (Å²) in [5.41, 5.74) is 7.43. The molecule has 3 heteroatoms. The van der Waals surface area contributed by atoms with Crippen LogP contribution in [0.15, 0.2) is 156 Å². The third-order valence-corrected chi connectivity index (χ3v) is 9.60. The van der Waals surface area contributed by atoms with E-state index in [0.29, 0.717) is 0 Å². The fourth-order valence-electron chi connectivity index (χ4n) is 6.51. The zero-order chi connectivity index (χ0) is 28.3. The van der Waals surface area contributed by atoms with Crippen molar-refractivity contribution in [3.05, 3.63) is 152 Å². The summed E-state index contributed by atoms with van der Waals surface area (Å²) in [5.74, 6) is 0. The van der Waals surface area contributed by atoms with Gasteiger partial charge in [-0.15, -0.1) is 11.3 Å². The number of fused-ring (bicyclic) bond motifs is 8. The Bertz CT molecular complexity index is 2450. The Kier molecular flexibility index (Phi) is 5.40. The molecule has 0 aliphatic rings. The fraction of sp³-hybridized carbons (Fsp3) is 0. The van der Waals surface area contributed by atoms with E-state index < -0.39 is 0 Å². The maximum atomic E-state index is 6.75. The number of nitrogens with zero attached hydrogens (tertiary/aromatic N) is 1. The van der Waals surface area contributed by atoms with Crippen LogP contribution in [0.3, 0.4) is 0 Å². The van der Waals surface area contributed by atoms with E-state index in [9.17, 15) is 0 Å². The van der Waals surface area contributed by atoms with Crippen molar-refractivity contribution in [2.75, 3.05) is 4.90 Å². The third kappa shape index (κ3) is 3.79. The Hall–Kier alpha value is -5.38. The molecule has 9 aromatic rings. The second kappa shape index (κ2) is 9.59. The van der Waals surface area contributed by atoms with E-state index >= 15 is 0 Å². The summed E-state index contributed by atoms with van der Waals surface area (Å²) in [6.45, 7) is 0. The Balaban J connectivity index is 1.34. The van der Waals surface area contributed by atoms with Gasteiger partial charge in [0.2, 0.25) is 0 Å². The SMILES string of the molecule is c1ccc(-c2ccc(N(c3cccc4c3oc3ccc5ccccc5c34)c3cccc4sc5ccccc5c34)cc2)cc1. The molecule has 0 atom stereocenters. The van der Waals surface area contributed by atoms with Crippen LogP contribution in [-0.4, -0.2) is 0 Å². The molecule has 0 aliphatic carbocycles. The van der Waals surface area contributed by atoms with Gasteiger partial charge in [0.05, 0.1) is 11.4 Å². The molecule has 0 saturated carbocycles. The van der Waals surface area contributed by atoms with Crippen molar-refractivity contribution in [2.45, 2.75) is 0 Å². The molecule has 0 aliphatic heterocycles. The highest BCUT2D eigenvalue weighted by Crippen LogP contribution is 2.48. The van der Waals surface area contributed by atoms with Crippen molar-refractivity contribution >= 4 is 81.3 Å². The van der Waals surface area contributed by atoms with Crippen LogP contribution >= 0.6 is 11.3 Å². The molecule has 0 amide bonds. The number of thiophene rings is 1. The number of hydrogen-bond donors (Lipinski definition) is 0. The minimum absolute atomic E-state index is 0.887. The molecule has 0 N–H and O–H groups in total. The van der Waals surface area contributed by atoms with Crippen LogP contribution in [0.25, 0.3) is 64.0 Å². The first-order chi connectivity index (χ1) is 21.3. The summed E-state index contributed by atoms with van der Waals surface area (Å²) >= 11 is 1.84. The van der Waals surface area contributed by atoms with Crippen LogP contribution in [0.1, 0.15) is 0 Å². The van der Waals surface area contributed by atoms with Crippen LogP contribution in [0.2, 0.25) is 0 Å². The molecule has 2 nitrogen and oxygen atoms in total. The fourth-order valence-corrected chi connectivity index (χ4v) is 7.64. The molecule has 0 fully saturated rings. The van der Waals surface area contributed by atoms with Crippen molar-refractivity contribution in [3.63, 3.8) is 0 Å². The van der Waals surface area contributed by atoms with Crippen LogP contribution in [-0.2, 0) is 0 Å². The summed E-state index contributed by atoms with van der Waals surface area (Å²) in [4.78, 5) is 2.38. The van der Waals surface area contributed by atoms with E-state index in [4.69, 9.17) is 4.42 Å². The Labute approximate surface area is 252 Å². The monoisotopic (exact) mass is 567 g/mol. The average molecular weight is 568 g/mol. The molecule has 0 unspecified atom stereocenters. The standard InChI is InChI=1S/C40H25NOS/c1-2-10-26(11-3-1)27-20-23-29(24-21-27)41(33-16-9-19-37-39(33)31-14-6-7-18-36(31)43-37)34-17-8-15-32-38-30-13-5-4-12-28(30)22-25-35(38)42-40(32)34/h1-25H. The number of furan rings is 1. The van der Waals surface area contributed by atoms with Gasteiger partial charge in [0, 0.05) is 36.6 Å². The maximum Gasteiger partial charge on any atom is 0.159 e. The summed E-state index contributed by atoms with van der Waals surface area (Å²) in [6, 6.07) is 54.1. The molecule has 0 radical (unpaired) electrons. The summed E-state index contributed by atoms with van der Waals surface area (Å²) in [5, 5.41) is 7.23. The normalized spacial score (nSPS) is 11.7. The highest BCUT2D eigenvalue weighted by molar-refractivity contribution is 7.26. The number of para-hydroxylation sites is 1. The third-order valence-electron chi connectivity index (χ3n) is 8.46. The lowest BCUT2D eigenvalue weighted by Crippen LogP contribution is -2.10. The number of anilines is 3. The van der Waals surface area contributed by atoms with Gasteiger partial charge < -0.3 is 9.32 Å². The molecule has 2 heterocycles. The first-order valence-corrected chi connectivity index (χ1v) is 15.3. The van der Waals surface area contributed by atoms with E-state index in [0.717, 1.165) is 39.0 Å². The number of hydrogen-bond acceptors (Lipinski definition) is 3. The van der Waals surface area contributed by atoms with Crippen molar-refractivity contribution in [1.29, 1.82) is 0 Å². The minimum atomic E-state index is 0.887. The molecule has 7 aromatic carbocycles. The highest BCUT2D eigenvalue weighted by Gasteiger charge is 2.23. The molecule has 0 bridgehead atoms. The van der Waals surface area contributed by atoms with E-state index in [2.05, 4.69) is 157 Å². The van der Waals surface area contributed by atoms with Crippen molar-refractivity contribution in [2.24, 2.45) is 0 Å². The largest absolute Gasteiger partial charge is 0.454 e. The van der Waals surface area contributed by atoms with Crippen LogP contribution < -0.4 is 4.90 Å². The molecule has 202 valence electrons. The van der Waals surface area contributed by atoms with Gasteiger partial charge in [-0.3, -0.25) is 0 Å². The van der Waals surface area contributed by atoms with Gasteiger partial charge in [-0.2, -0.15) is 0 Å². The minimum Gasteiger partial charge on any atom is -0.454 e. The zero-order valence-corrected chi connectivity index (χ0v) is 24.0. The van der Waals surface area contributed by atoms with E-state index in [-0.39, 0.29) is 0 Å². The predicted molar refractivity (Wildman–Crippen MR) is 184 cm³/mol. The Morgan fingerprint density at radius 3 is 2.00 bits per heavy atom. The van der Waals surface area contributed by atoms with Gasteiger partial charge in [-0.05, 0) is 64.4 Å². The van der Waals surface area contributed by atoms with Gasteiger partial charge in [0.15, 0.2) is 5.58 Å². The lowest BCUT2D eigenvalue weighted by atomic mass is 10.0. The topological polar surface area (TPSA) is 16.4 Å². The average Bonchev–Trinajstić information content (AvgIpc) is 3.65. The van der Waals surface area contributed by atoms with E-state index in [1.165, 1.54) is 42.1 Å². The van der Waals surface area contributed by atoms with Gasteiger partial charge in [-0.1, -0.05) is 109 Å². The zero-order valence-electron chi connectivity index (χ0n) is 23.2. The highest BCUT2D eigenvalue weighted by atomic mass is 32.1. The van der Waals surface area contributed by atoms with Crippen molar-refractivity contribution in [3.8, 4) is 11.1 Å². The number of benzene rings is 7. The van der Waals surface area contributed by atoms with E-state index in [1.807, 2.05) is 11.3 Å². The molecular formula is C40H25NOS. The summed E-state index contributed by atoms with van der Waals surface area (Å²) < 4.78 is 9.31. The predicted octanol–water partition coefficient (Wildman–Crippen LogP) is 12.2. The molecule has 2 aromatic heterocycles. The quantitative estimate of drug-likeness (QED) is 0.210. The molecular weight excluding hydrogens is 543 g/mol. The molecule has 9 rings (SSSR count). The maximum absolute atomic E-state index is 6.75. The number of rotatable bonds is 4. The van der Waals surface area contributed by atoms with Crippen LogP contribution in [0, 0.1) is 0 Å². The Morgan fingerprint density at radius 1 is 0.442 bits per heavy atom. The molecule has 0 spiro atoms. The second-order valence-corrected chi connectivity index (χ2v) is 12.0. The first kappa shape index (κ1) is 24.2. The molecule has 0 saturated heterocycles. The van der Waals surface area contributed by atoms with Crippen LogP contribution in [0.4, 0.5) is 17.1 Å². The van der Waals surface area contributed by atoms with Crippen molar-refractivity contribution < 1.29 is 4.42 Å². The van der Waals surface area contributed by atoms with Gasteiger partial charge >= 0.3 is 0 Å². The second-order valence-electron chi connectivity index (χ2n) is 10.9. The van der Waals surface area contributed by atoms with Crippen molar-refractivity contribution in [1.82, 2.24) is 0 Å². The molecule has 43 heavy (non-hydrogen) atoms. The summed E-state index contributed by atoms with van der Waals surface area (Å²) in [7, 11) is 0. The first-order valence-electron chi connectivity index (χ1n) is 14.5. The Morgan fingerprint density at radius 2 is 1.12 bits per heavy atom. The van der Waals surface area contributed by atoms with Crippen LogP contribution in [0.5, 0.6) is 0 Å². The van der Waals surface area contributed by atoms with E-state index in [1.54, 1.807) is 0 Å². The lowest BCUT2D eigenvalue weighted by molar-refractivity contribution is 0.669. The van der Waals surface area contributed by atoms with Gasteiger partial charge in [-0.25, -0.2) is 0 Å². The van der Waals surface area contributed by atoms with Gasteiger partial charge in [0.25, 0.3) is 0 Å².